The number of anilines is 1. The quantitative estimate of drug-likeness (QED) is 0.925. The standard InChI is InChI=1S/C12H13BrN2O2S/c1-8-2-3-10(9(13)4-8)14-11(16)5-15-7-18-6-12(15)17/h2-4H,5-7H2,1H3,(H,14,16). The second-order valence-corrected chi connectivity index (χ2v) is 5.91. The van der Waals surface area contributed by atoms with Crippen LogP contribution in [-0.4, -0.2) is 34.9 Å². The molecule has 0 unspecified atom stereocenters. The van der Waals surface area contributed by atoms with Crippen molar-refractivity contribution in [3.63, 3.8) is 0 Å². The number of amides is 2. The topological polar surface area (TPSA) is 49.4 Å². The van der Waals surface area contributed by atoms with Gasteiger partial charge in [0.1, 0.15) is 6.54 Å². The summed E-state index contributed by atoms with van der Waals surface area (Å²) in [5.74, 6) is 0.927. The molecule has 1 fully saturated rings. The lowest BCUT2D eigenvalue weighted by atomic mass is 10.2. The second-order valence-electron chi connectivity index (χ2n) is 4.10. The van der Waals surface area contributed by atoms with Gasteiger partial charge < -0.3 is 10.2 Å². The highest BCUT2D eigenvalue weighted by molar-refractivity contribution is 9.10. The summed E-state index contributed by atoms with van der Waals surface area (Å²) in [7, 11) is 0. The molecular weight excluding hydrogens is 316 g/mol. The number of carbonyl (C=O) groups is 2. The number of nitrogens with zero attached hydrogens (tertiary/aromatic N) is 1. The Kier molecular flexibility index (Phi) is 4.29. The number of carbonyl (C=O) groups excluding carboxylic acids is 2. The Hall–Kier alpha value is -1.01. The Morgan fingerprint density at radius 3 is 2.94 bits per heavy atom. The van der Waals surface area contributed by atoms with Crippen LogP contribution in [0, 0.1) is 6.92 Å². The van der Waals surface area contributed by atoms with Gasteiger partial charge in [0.15, 0.2) is 0 Å². The minimum absolute atomic E-state index is 0.0260. The summed E-state index contributed by atoms with van der Waals surface area (Å²) in [4.78, 5) is 24.8. The average molecular weight is 329 g/mol. The summed E-state index contributed by atoms with van der Waals surface area (Å²) in [5.41, 5.74) is 1.84. The molecule has 6 heteroatoms. The lowest BCUT2D eigenvalue weighted by molar-refractivity contribution is -0.130. The van der Waals surface area contributed by atoms with Gasteiger partial charge >= 0.3 is 0 Å². The number of nitrogens with one attached hydrogen (secondary N) is 1. The predicted molar refractivity (Wildman–Crippen MR) is 76.5 cm³/mol. The van der Waals surface area contributed by atoms with Crippen LogP contribution in [0.2, 0.25) is 0 Å². The number of hydrogen-bond acceptors (Lipinski definition) is 3. The summed E-state index contributed by atoms with van der Waals surface area (Å²) in [6.45, 7) is 2.10. The molecule has 1 aromatic rings. The zero-order valence-corrected chi connectivity index (χ0v) is 12.3. The van der Waals surface area contributed by atoms with Crippen LogP contribution in [-0.2, 0) is 9.59 Å². The molecule has 0 atom stereocenters. The van der Waals surface area contributed by atoms with Crippen LogP contribution in [0.1, 0.15) is 5.56 Å². The molecule has 0 spiro atoms. The third-order valence-corrected chi connectivity index (χ3v) is 4.16. The van der Waals surface area contributed by atoms with Gasteiger partial charge in [-0.15, -0.1) is 11.8 Å². The lowest BCUT2D eigenvalue weighted by Crippen LogP contribution is -2.34. The first-order valence-electron chi connectivity index (χ1n) is 5.48. The first-order chi connectivity index (χ1) is 8.56. The lowest BCUT2D eigenvalue weighted by Gasteiger charge is -2.14. The molecule has 0 bridgehead atoms. The molecule has 1 saturated heterocycles. The fraction of sp³-hybridized carbons (Fsp3) is 0.333. The minimum atomic E-state index is -0.171. The molecule has 96 valence electrons. The number of hydrogen-bond donors (Lipinski definition) is 1. The number of aryl methyl sites for hydroxylation is 1. The van der Waals surface area contributed by atoms with E-state index in [4.69, 9.17) is 0 Å². The van der Waals surface area contributed by atoms with Gasteiger partial charge in [-0.1, -0.05) is 6.07 Å². The van der Waals surface area contributed by atoms with Crippen molar-refractivity contribution >= 4 is 45.2 Å². The summed E-state index contributed by atoms with van der Waals surface area (Å²) >= 11 is 4.93. The zero-order chi connectivity index (χ0) is 13.1. The number of rotatable bonds is 3. The van der Waals surface area contributed by atoms with E-state index < -0.39 is 0 Å². The molecule has 0 saturated carbocycles. The van der Waals surface area contributed by atoms with Gasteiger partial charge in [-0.05, 0) is 40.5 Å². The first kappa shape index (κ1) is 13.4. The summed E-state index contributed by atoms with van der Waals surface area (Å²) in [5, 5.41) is 2.80. The molecule has 1 aromatic carbocycles. The Labute approximate surface area is 118 Å². The van der Waals surface area contributed by atoms with E-state index in [1.807, 2.05) is 25.1 Å². The van der Waals surface area contributed by atoms with Crippen molar-refractivity contribution in [2.75, 3.05) is 23.5 Å². The maximum absolute atomic E-state index is 11.8. The molecule has 1 N–H and O–H groups in total. The molecule has 1 heterocycles. The van der Waals surface area contributed by atoms with E-state index in [0.717, 1.165) is 15.7 Å². The molecule has 18 heavy (non-hydrogen) atoms. The van der Waals surface area contributed by atoms with Crippen LogP contribution in [0.4, 0.5) is 5.69 Å². The highest BCUT2D eigenvalue weighted by atomic mass is 79.9. The van der Waals surface area contributed by atoms with Crippen LogP contribution < -0.4 is 5.32 Å². The Morgan fingerprint density at radius 1 is 1.56 bits per heavy atom. The van der Waals surface area contributed by atoms with Gasteiger partial charge in [0.25, 0.3) is 0 Å². The van der Waals surface area contributed by atoms with Crippen molar-refractivity contribution < 1.29 is 9.59 Å². The van der Waals surface area contributed by atoms with E-state index in [1.165, 1.54) is 11.8 Å². The molecule has 0 radical (unpaired) electrons. The number of halogens is 1. The first-order valence-corrected chi connectivity index (χ1v) is 7.42. The maximum atomic E-state index is 11.8. The fourth-order valence-corrected chi connectivity index (χ4v) is 3.12. The average Bonchev–Trinajstić information content (AvgIpc) is 2.69. The van der Waals surface area contributed by atoms with E-state index in [-0.39, 0.29) is 18.4 Å². The van der Waals surface area contributed by atoms with E-state index in [2.05, 4.69) is 21.2 Å². The normalized spacial score (nSPS) is 15.0. The Morgan fingerprint density at radius 2 is 2.33 bits per heavy atom. The van der Waals surface area contributed by atoms with Gasteiger partial charge in [0.2, 0.25) is 11.8 Å². The second kappa shape index (κ2) is 5.75. The van der Waals surface area contributed by atoms with Crippen molar-refractivity contribution in [1.29, 1.82) is 0 Å². The SMILES string of the molecule is Cc1ccc(NC(=O)CN2CSCC2=O)c(Br)c1. The smallest absolute Gasteiger partial charge is 0.244 e. The van der Waals surface area contributed by atoms with Gasteiger partial charge in [-0.3, -0.25) is 9.59 Å². The number of benzene rings is 1. The highest BCUT2D eigenvalue weighted by Crippen LogP contribution is 2.23. The molecular formula is C12H13BrN2O2S. The Bertz CT molecular complexity index is 493. The molecule has 2 rings (SSSR count). The van der Waals surface area contributed by atoms with E-state index in [0.29, 0.717) is 11.6 Å². The van der Waals surface area contributed by atoms with Gasteiger partial charge in [-0.25, -0.2) is 0 Å². The molecule has 0 aromatic heterocycles. The third kappa shape index (κ3) is 3.26. The summed E-state index contributed by atoms with van der Waals surface area (Å²) < 4.78 is 0.845. The van der Waals surface area contributed by atoms with E-state index >= 15 is 0 Å². The maximum Gasteiger partial charge on any atom is 0.244 e. The van der Waals surface area contributed by atoms with Gasteiger partial charge in [0.05, 0.1) is 17.3 Å². The minimum Gasteiger partial charge on any atom is -0.324 e. The van der Waals surface area contributed by atoms with Crippen LogP contribution in [0.3, 0.4) is 0 Å². The van der Waals surface area contributed by atoms with Crippen molar-refractivity contribution in [2.45, 2.75) is 6.92 Å². The van der Waals surface area contributed by atoms with E-state index in [1.54, 1.807) is 4.90 Å². The molecule has 4 nitrogen and oxygen atoms in total. The van der Waals surface area contributed by atoms with Crippen molar-refractivity contribution in [3.05, 3.63) is 28.2 Å². The highest BCUT2D eigenvalue weighted by Gasteiger charge is 2.22. The fourth-order valence-electron chi connectivity index (χ4n) is 1.62. The van der Waals surface area contributed by atoms with Gasteiger partial charge in [-0.2, -0.15) is 0 Å². The van der Waals surface area contributed by atoms with Crippen LogP contribution in [0.15, 0.2) is 22.7 Å². The van der Waals surface area contributed by atoms with Crippen LogP contribution in [0.25, 0.3) is 0 Å². The largest absolute Gasteiger partial charge is 0.324 e. The predicted octanol–water partition coefficient (Wildman–Crippen LogP) is 2.23. The van der Waals surface area contributed by atoms with Crippen molar-refractivity contribution in [1.82, 2.24) is 4.90 Å². The van der Waals surface area contributed by atoms with Crippen LogP contribution >= 0.6 is 27.7 Å². The number of thioether (sulfide) groups is 1. The van der Waals surface area contributed by atoms with Crippen LogP contribution in [0.5, 0.6) is 0 Å². The monoisotopic (exact) mass is 328 g/mol. The van der Waals surface area contributed by atoms with E-state index in [9.17, 15) is 9.59 Å². The molecule has 0 aliphatic carbocycles. The molecule has 1 aliphatic heterocycles. The van der Waals surface area contributed by atoms with Gasteiger partial charge in [0, 0.05) is 4.47 Å². The third-order valence-electron chi connectivity index (χ3n) is 2.56. The molecule has 1 aliphatic rings. The Balaban J connectivity index is 1.96. The summed E-state index contributed by atoms with van der Waals surface area (Å²) in [6, 6.07) is 5.71. The van der Waals surface area contributed by atoms with Crippen molar-refractivity contribution in [3.8, 4) is 0 Å². The zero-order valence-electron chi connectivity index (χ0n) is 9.90. The molecule has 2 amide bonds. The summed E-state index contributed by atoms with van der Waals surface area (Å²) in [6.07, 6.45) is 0. The van der Waals surface area contributed by atoms with Crippen molar-refractivity contribution in [2.24, 2.45) is 0 Å².